The van der Waals surface area contributed by atoms with Crippen LogP contribution in [0.1, 0.15) is 17.5 Å². The number of carbonyl (C=O) groups excluding carboxylic acids is 2. The van der Waals surface area contributed by atoms with Gasteiger partial charge >= 0.3 is 0 Å². The highest BCUT2D eigenvalue weighted by molar-refractivity contribution is 5.93. The highest BCUT2D eigenvalue weighted by atomic mass is 16.2. The highest BCUT2D eigenvalue weighted by Crippen LogP contribution is 2.20. The Balaban J connectivity index is 1.52. The van der Waals surface area contributed by atoms with Gasteiger partial charge in [-0.2, -0.15) is 0 Å². The zero-order valence-corrected chi connectivity index (χ0v) is 17.9. The third-order valence-corrected chi connectivity index (χ3v) is 5.66. The molecule has 6 heteroatoms. The lowest BCUT2D eigenvalue weighted by molar-refractivity contribution is -0.128. The van der Waals surface area contributed by atoms with Crippen LogP contribution >= 0.6 is 0 Å². The Morgan fingerprint density at radius 2 is 1.66 bits per heavy atom. The number of aromatic nitrogens is 1. The minimum absolute atomic E-state index is 0.180. The maximum absolute atomic E-state index is 13.0. The number of hydrogen-bond donors (Lipinski definition) is 4. The Kier molecular flexibility index (Phi) is 6.82. The van der Waals surface area contributed by atoms with E-state index in [0.29, 0.717) is 25.9 Å². The van der Waals surface area contributed by atoms with Crippen molar-refractivity contribution >= 4 is 33.5 Å². The number of hydrogen-bond acceptors (Lipinski definition) is 3. The molecule has 0 aliphatic carbocycles. The van der Waals surface area contributed by atoms with Crippen LogP contribution in [0.25, 0.3) is 21.7 Å². The second-order valence-electron chi connectivity index (χ2n) is 7.93. The van der Waals surface area contributed by atoms with Gasteiger partial charge in [-0.1, -0.05) is 60.7 Å². The normalized spacial score (nSPS) is 12.0. The van der Waals surface area contributed by atoms with Crippen LogP contribution in [-0.2, 0) is 22.4 Å². The lowest BCUT2D eigenvalue weighted by Crippen LogP contribution is -2.48. The van der Waals surface area contributed by atoms with Crippen molar-refractivity contribution in [2.45, 2.75) is 25.3 Å². The van der Waals surface area contributed by atoms with E-state index in [1.807, 2.05) is 72.9 Å². The molecule has 3 aromatic carbocycles. The number of nitrogens with one attached hydrogen (secondary N) is 3. The van der Waals surface area contributed by atoms with Crippen LogP contribution in [0.3, 0.4) is 0 Å². The van der Waals surface area contributed by atoms with Gasteiger partial charge in [0.1, 0.15) is 6.04 Å². The maximum atomic E-state index is 13.0. The summed E-state index contributed by atoms with van der Waals surface area (Å²) >= 11 is 0. The van der Waals surface area contributed by atoms with Crippen molar-refractivity contribution in [1.29, 1.82) is 0 Å². The van der Waals surface area contributed by atoms with Crippen molar-refractivity contribution < 1.29 is 9.59 Å². The van der Waals surface area contributed by atoms with Gasteiger partial charge in [-0.05, 0) is 40.9 Å². The van der Waals surface area contributed by atoms with Gasteiger partial charge in [0.25, 0.3) is 0 Å². The van der Waals surface area contributed by atoms with Gasteiger partial charge in [0.05, 0.1) is 6.42 Å². The van der Waals surface area contributed by atoms with Crippen molar-refractivity contribution in [2.75, 3.05) is 13.1 Å². The van der Waals surface area contributed by atoms with Crippen LogP contribution in [0.4, 0.5) is 0 Å². The van der Waals surface area contributed by atoms with E-state index in [-0.39, 0.29) is 18.2 Å². The van der Waals surface area contributed by atoms with E-state index in [1.54, 1.807) is 0 Å². The van der Waals surface area contributed by atoms with E-state index in [0.717, 1.165) is 32.8 Å². The van der Waals surface area contributed by atoms with Crippen molar-refractivity contribution in [3.8, 4) is 0 Å². The maximum Gasteiger partial charge on any atom is 0.242 e. The number of aromatic amines is 1. The number of H-pyrrole nitrogens is 1. The molecule has 2 amide bonds. The molecule has 1 unspecified atom stereocenters. The van der Waals surface area contributed by atoms with Gasteiger partial charge < -0.3 is 21.4 Å². The molecule has 0 saturated heterocycles. The van der Waals surface area contributed by atoms with E-state index >= 15 is 0 Å². The summed E-state index contributed by atoms with van der Waals surface area (Å²) in [5.74, 6) is -0.379. The number of fused-ring (bicyclic) bond motifs is 2. The van der Waals surface area contributed by atoms with Gasteiger partial charge in [-0.3, -0.25) is 9.59 Å². The van der Waals surface area contributed by atoms with Gasteiger partial charge in [0.15, 0.2) is 0 Å². The molecule has 0 spiro atoms. The molecule has 1 heterocycles. The first-order valence-corrected chi connectivity index (χ1v) is 10.9. The number of carbonyl (C=O) groups is 2. The van der Waals surface area contributed by atoms with E-state index in [1.165, 1.54) is 0 Å². The Bertz CT molecular complexity index is 1230. The number of amides is 2. The molecule has 0 aliphatic rings. The quantitative estimate of drug-likeness (QED) is 0.308. The first-order valence-electron chi connectivity index (χ1n) is 10.9. The molecule has 6 nitrogen and oxygen atoms in total. The summed E-state index contributed by atoms with van der Waals surface area (Å²) in [5, 5.41) is 9.05. The zero-order chi connectivity index (χ0) is 22.3. The topological polar surface area (TPSA) is 100 Å². The van der Waals surface area contributed by atoms with Gasteiger partial charge in [-0.15, -0.1) is 0 Å². The van der Waals surface area contributed by atoms with Gasteiger partial charge in [0, 0.05) is 30.1 Å². The van der Waals surface area contributed by atoms with Gasteiger partial charge in [0.2, 0.25) is 11.8 Å². The predicted molar refractivity (Wildman–Crippen MR) is 128 cm³/mol. The Morgan fingerprint density at radius 1 is 0.906 bits per heavy atom. The molecule has 4 rings (SSSR count). The molecule has 0 aliphatic heterocycles. The summed E-state index contributed by atoms with van der Waals surface area (Å²) in [5.41, 5.74) is 8.49. The molecule has 0 saturated carbocycles. The van der Waals surface area contributed by atoms with E-state index < -0.39 is 6.04 Å². The standard InChI is InChI=1S/C26H28N4O2/c27-13-6-14-28-26(32)24(15-20-17-29-23-12-4-3-11-22(20)23)30-25(31)16-19-9-5-8-18-7-1-2-10-21(18)19/h1-5,7-12,17,24,29H,6,13-16,27H2,(H,28,32)(H,30,31). The average Bonchev–Trinajstić information content (AvgIpc) is 3.22. The molecule has 0 fully saturated rings. The monoisotopic (exact) mass is 428 g/mol. The van der Waals surface area contributed by atoms with E-state index in [4.69, 9.17) is 5.73 Å². The minimum atomic E-state index is -0.672. The molecular formula is C26H28N4O2. The number of nitrogens with two attached hydrogens (primary N) is 1. The summed E-state index contributed by atoms with van der Waals surface area (Å²) in [6.45, 7) is 0.986. The van der Waals surface area contributed by atoms with Crippen LogP contribution < -0.4 is 16.4 Å². The third-order valence-electron chi connectivity index (χ3n) is 5.66. The zero-order valence-electron chi connectivity index (χ0n) is 17.9. The summed E-state index contributed by atoms with van der Waals surface area (Å²) in [6.07, 6.45) is 3.21. The number of para-hydroxylation sites is 1. The summed E-state index contributed by atoms with van der Waals surface area (Å²) < 4.78 is 0. The minimum Gasteiger partial charge on any atom is -0.361 e. The van der Waals surface area contributed by atoms with Gasteiger partial charge in [-0.25, -0.2) is 0 Å². The molecule has 5 N–H and O–H groups in total. The van der Waals surface area contributed by atoms with Crippen molar-refractivity contribution in [2.24, 2.45) is 5.73 Å². The Labute approximate surface area is 187 Å². The van der Waals surface area contributed by atoms with Crippen LogP contribution in [-0.4, -0.2) is 35.9 Å². The lowest BCUT2D eigenvalue weighted by Gasteiger charge is -2.19. The van der Waals surface area contributed by atoms with Crippen LogP contribution in [0.15, 0.2) is 72.9 Å². The molecular weight excluding hydrogens is 400 g/mol. The second kappa shape index (κ2) is 10.1. The first kappa shape index (κ1) is 21.6. The summed E-state index contributed by atoms with van der Waals surface area (Å²) in [4.78, 5) is 29.1. The largest absolute Gasteiger partial charge is 0.361 e. The Hall–Kier alpha value is -3.64. The van der Waals surface area contributed by atoms with Crippen LogP contribution in [0.2, 0.25) is 0 Å². The number of benzene rings is 3. The fourth-order valence-corrected chi connectivity index (χ4v) is 4.03. The summed E-state index contributed by atoms with van der Waals surface area (Å²) in [7, 11) is 0. The lowest BCUT2D eigenvalue weighted by atomic mass is 10.0. The highest BCUT2D eigenvalue weighted by Gasteiger charge is 2.22. The molecule has 164 valence electrons. The molecule has 0 bridgehead atoms. The molecule has 0 radical (unpaired) electrons. The van der Waals surface area contributed by atoms with Crippen LogP contribution in [0.5, 0.6) is 0 Å². The average molecular weight is 429 g/mol. The fraction of sp³-hybridized carbons (Fsp3) is 0.231. The summed E-state index contributed by atoms with van der Waals surface area (Å²) in [6, 6.07) is 21.2. The third kappa shape index (κ3) is 4.98. The molecule has 32 heavy (non-hydrogen) atoms. The molecule has 4 aromatic rings. The molecule has 1 aromatic heterocycles. The van der Waals surface area contributed by atoms with E-state index in [2.05, 4.69) is 15.6 Å². The van der Waals surface area contributed by atoms with Crippen molar-refractivity contribution in [1.82, 2.24) is 15.6 Å². The smallest absolute Gasteiger partial charge is 0.242 e. The number of rotatable bonds is 9. The Morgan fingerprint density at radius 3 is 2.50 bits per heavy atom. The SMILES string of the molecule is NCCCNC(=O)C(Cc1c[nH]c2ccccc12)NC(=O)Cc1cccc2ccccc12. The fourth-order valence-electron chi connectivity index (χ4n) is 4.03. The predicted octanol–water partition coefficient (Wildman–Crippen LogP) is 3.06. The second-order valence-corrected chi connectivity index (χ2v) is 7.93. The van der Waals surface area contributed by atoms with Crippen molar-refractivity contribution in [3.05, 3.63) is 84.1 Å². The first-order chi connectivity index (χ1) is 15.7. The van der Waals surface area contributed by atoms with Crippen LogP contribution in [0, 0.1) is 0 Å². The van der Waals surface area contributed by atoms with Crippen molar-refractivity contribution in [3.63, 3.8) is 0 Å². The molecule has 1 atom stereocenters. The van der Waals surface area contributed by atoms with E-state index in [9.17, 15) is 9.59 Å².